The summed E-state index contributed by atoms with van der Waals surface area (Å²) in [5.74, 6) is -3.30. The van der Waals surface area contributed by atoms with Crippen LogP contribution in [0.15, 0.2) is 30.3 Å². The maximum Gasteiger partial charge on any atom is 0.287 e. The highest BCUT2D eigenvalue weighted by atomic mass is 19.1. The van der Waals surface area contributed by atoms with Crippen molar-refractivity contribution in [1.82, 2.24) is 10.2 Å². The molecule has 0 unspecified atom stereocenters. The Morgan fingerprint density at radius 3 is 2.31 bits per heavy atom. The maximum absolute atomic E-state index is 15.5. The van der Waals surface area contributed by atoms with Crippen molar-refractivity contribution in [2.45, 2.75) is 33.6 Å². The molecule has 10 heteroatoms. The Balaban J connectivity index is 2.03. The molecule has 1 amide bonds. The second-order valence-corrected chi connectivity index (χ2v) is 9.03. The van der Waals surface area contributed by atoms with Crippen LogP contribution in [0.3, 0.4) is 0 Å². The summed E-state index contributed by atoms with van der Waals surface area (Å²) in [7, 11) is 0. The van der Waals surface area contributed by atoms with Gasteiger partial charge in [-0.2, -0.15) is 0 Å². The van der Waals surface area contributed by atoms with Crippen molar-refractivity contribution in [1.29, 1.82) is 10.8 Å². The zero-order valence-corrected chi connectivity index (χ0v) is 21.2. The number of phenolic OH excluding ortho intramolecular Hbond substituents is 2. The number of halogens is 1. The number of nitrogens with zero attached hydrogens (tertiary/aromatic N) is 3. The van der Waals surface area contributed by atoms with E-state index in [4.69, 9.17) is 10.8 Å². The molecule has 2 aromatic rings. The number of carbonyl (C=O) groups is 1. The van der Waals surface area contributed by atoms with Gasteiger partial charge in [-0.15, -0.1) is 0 Å². The number of rotatable bonds is 6. The molecule has 1 fully saturated rings. The number of aromatic hydroxyl groups is 2. The first-order valence-corrected chi connectivity index (χ1v) is 12.2. The lowest BCUT2D eigenvalue weighted by molar-refractivity contribution is -0.114. The summed E-state index contributed by atoms with van der Waals surface area (Å²) in [5.41, 5.74) is 0.951. The van der Waals surface area contributed by atoms with E-state index in [0.29, 0.717) is 11.3 Å². The van der Waals surface area contributed by atoms with E-state index in [1.165, 1.54) is 18.2 Å². The Labute approximate surface area is 211 Å². The van der Waals surface area contributed by atoms with Gasteiger partial charge in [0.2, 0.25) is 0 Å². The molecule has 5 N–H and O–H groups in total. The predicted molar refractivity (Wildman–Crippen MR) is 140 cm³/mol. The Hall–Kier alpha value is -3.66. The van der Waals surface area contributed by atoms with Crippen molar-refractivity contribution in [3.05, 3.63) is 47.3 Å². The van der Waals surface area contributed by atoms with Gasteiger partial charge < -0.3 is 25.3 Å². The van der Waals surface area contributed by atoms with E-state index in [1.54, 1.807) is 13.0 Å². The van der Waals surface area contributed by atoms with E-state index < -0.39 is 29.1 Å². The van der Waals surface area contributed by atoms with Crippen LogP contribution in [0.5, 0.6) is 11.5 Å². The molecule has 1 saturated heterocycles. The van der Waals surface area contributed by atoms with Crippen molar-refractivity contribution in [2.75, 3.05) is 49.1 Å². The first kappa shape index (κ1) is 26.9. The summed E-state index contributed by atoms with van der Waals surface area (Å²) in [6, 6.07) is 7.04. The van der Waals surface area contributed by atoms with Crippen LogP contribution in [0.2, 0.25) is 0 Å². The lowest BCUT2D eigenvalue weighted by Crippen LogP contribution is -2.47. The second-order valence-electron chi connectivity index (χ2n) is 9.03. The summed E-state index contributed by atoms with van der Waals surface area (Å²) in [4.78, 5) is 17.8. The van der Waals surface area contributed by atoms with Crippen LogP contribution >= 0.6 is 0 Å². The quantitative estimate of drug-likeness (QED) is 0.307. The highest BCUT2D eigenvalue weighted by Crippen LogP contribution is 2.34. The standard InChI is InChI=1S/C26H35FN6O3/c1-5-30-26(36)25(29)33(24(28)19-14-18(16(3)4)22(34)15-23(19)35)21-8-7-17(13-20(21)27)32-11-9-31(6-2)10-12-32/h7-8,13-16,28-29,34-35H,5-6,9-12H2,1-4H3,(H,30,36). The van der Waals surface area contributed by atoms with E-state index in [1.807, 2.05) is 13.8 Å². The minimum atomic E-state index is -0.788. The van der Waals surface area contributed by atoms with Crippen LogP contribution in [0, 0.1) is 16.6 Å². The second kappa shape index (κ2) is 11.4. The molecule has 0 radical (unpaired) electrons. The molecule has 0 aromatic heterocycles. The van der Waals surface area contributed by atoms with Crippen LogP contribution in [-0.2, 0) is 4.79 Å². The number of likely N-dealkylation sites (N-methyl/N-ethyl adjacent to an activating group) is 2. The van der Waals surface area contributed by atoms with E-state index in [-0.39, 0.29) is 29.5 Å². The van der Waals surface area contributed by atoms with Crippen molar-refractivity contribution in [2.24, 2.45) is 0 Å². The smallest absolute Gasteiger partial charge is 0.287 e. The third kappa shape index (κ3) is 5.59. The number of nitrogens with one attached hydrogen (secondary N) is 3. The van der Waals surface area contributed by atoms with Gasteiger partial charge in [0.1, 0.15) is 23.2 Å². The lowest BCUT2D eigenvalue weighted by Gasteiger charge is -2.36. The predicted octanol–water partition coefficient (Wildman–Crippen LogP) is 3.45. The van der Waals surface area contributed by atoms with Crippen LogP contribution in [0.4, 0.5) is 15.8 Å². The van der Waals surface area contributed by atoms with Crippen LogP contribution < -0.4 is 15.1 Å². The molecule has 1 aliphatic heterocycles. The molecule has 0 aliphatic carbocycles. The summed E-state index contributed by atoms with van der Waals surface area (Å²) in [6.07, 6.45) is 0. The fraction of sp³-hybridized carbons (Fsp3) is 0.423. The van der Waals surface area contributed by atoms with E-state index in [2.05, 4.69) is 22.0 Å². The Bertz CT molecular complexity index is 1140. The lowest BCUT2D eigenvalue weighted by atomic mass is 9.98. The molecule has 2 aromatic carbocycles. The van der Waals surface area contributed by atoms with Crippen molar-refractivity contribution in [3.63, 3.8) is 0 Å². The zero-order chi connectivity index (χ0) is 26.6. The number of benzene rings is 2. The molecular formula is C26H35FN6O3. The molecule has 0 spiro atoms. The number of amides is 1. The number of anilines is 2. The van der Waals surface area contributed by atoms with Crippen LogP contribution in [0.1, 0.15) is 44.7 Å². The first-order chi connectivity index (χ1) is 17.1. The third-order valence-corrected chi connectivity index (χ3v) is 6.38. The van der Waals surface area contributed by atoms with Gasteiger partial charge in [-0.25, -0.2) is 4.39 Å². The van der Waals surface area contributed by atoms with Gasteiger partial charge in [-0.1, -0.05) is 20.8 Å². The van der Waals surface area contributed by atoms with Crippen molar-refractivity contribution >= 4 is 29.0 Å². The monoisotopic (exact) mass is 498 g/mol. The van der Waals surface area contributed by atoms with Crippen LogP contribution in [-0.4, -0.2) is 72.0 Å². The summed E-state index contributed by atoms with van der Waals surface area (Å²) >= 11 is 0. The fourth-order valence-corrected chi connectivity index (χ4v) is 4.26. The molecule has 0 bridgehead atoms. The molecule has 3 rings (SSSR count). The summed E-state index contributed by atoms with van der Waals surface area (Å²) in [6.45, 7) is 11.9. The fourth-order valence-electron chi connectivity index (χ4n) is 4.26. The van der Waals surface area contributed by atoms with Gasteiger partial charge in [0.05, 0.1) is 11.3 Å². The molecule has 9 nitrogen and oxygen atoms in total. The number of phenols is 2. The highest BCUT2D eigenvalue weighted by molar-refractivity contribution is 6.48. The topological polar surface area (TPSA) is 127 Å². The molecular weight excluding hydrogens is 463 g/mol. The minimum Gasteiger partial charge on any atom is -0.508 e. The third-order valence-electron chi connectivity index (χ3n) is 6.38. The van der Waals surface area contributed by atoms with Gasteiger partial charge in [0.15, 0.2) is 5.84 Å². The normalized spacial score (nSPS) is 14.1. The average Bonchev–Trinajstić information content (AvgIpc) is 2.85. The van der Waals surface area contributed by atoms with E-state index in [9.17, 15) is 15.0 Å². The molecule has 0 saturated carbocycles. The number of amidine groups is 2. The highest BCUT2D eigenvalue weighted by Gasteiger charge is 2.29. The van der Waals surface area contributed by atoms with E-state index in [0.717, 1.165) is 43.7 Å². The molecule has 194 valence electrons. The molecule has 0 atom stereocenters. The SMILES string of the molecule is CCNC(=O)C(=N)N(C(=N)c1cc(C(C)C)c(O)cc1O)c1ccc(N2CCN(CC)CC2)cc1F. The van der Waals surface area contributed by atoms with Crippen LogP contribution in [0.25, 0.3) is 0 Å². The Kier molecular flexibility index (Phi) is 8.52. The van der Waals surface area contributed by atoms with Gasteiger partial charge >= 0.3 is 0 Å². The number of hydrogen-bond donors (Lipinski definition) is 5. The minimum absolute atomic E-state index is 0.0373. The number of hydrogen-bond acceptors (Lipinski definition) is 7. The van der Waals surface area contributed by atoms with Crippen molar-refractivity contribution < 1.29 is 19.4 Å². The largest absolute Gasteiger partial charge is 0.508 e. The molecule has 36 heavy (non-hydrogen) atoms. The van der Waals surface area contributed by atoms with Gasteiger partial charge in [0, 0.05) is 44.5 Å². The summed E-state index contributed by atoms with van der Waals surface area (Å²) < 4.78 is 15.5. The van der Waals surface area contributed by atoms with Gasteiger partial charge in [-0.05, 0) is 49.2 Å². The van der Waals surface area contributed by atoms with E-state index >= 15 is 4.39 Å². The summed E-state index contributed by atoms with van der Waals surface area (Å²) in [5, 5.41) is 40.5. The maximum atomic E-state index is 15.5. The molecule has 1 heterocycles. The number of piperazine rings is 1. The van der Waals surface area contributed by atoms with Crippen molar-refractivity contribution in [3.8, 4) is 11.5 Å². The zero-order valence-electron chi connectivity index (χ0n) is 21.2. The van der Waals surface area contributed by atoms with Gasteiger partial charge in [-0.3, -0.25) is 20.5 Å². The Morgan fingerprint density at radius 2 is 1.75 bits per heavy atom. The number of carbonyl (C=O) groups excluding carboxylic acids is 1. The first-order valence-electron chi connectivity index (χ1n) is 12.2. The molecule has 1 aliphatic rings. The average molecular weight is 499 g/mol. The van der Waals surface area contributed by atoms with Gasteiger partial charge in [0.25, 0.3) is 5.91 Å². The Morgan fingerprint density at radius 1 is 1.08 bits per heavy atom.